The molecule has 1 aromatic heterocycles. The maximum atomic E-state index is 12.6. The summed E-state index contributed by atoms with van der Waals surface area (Å²) in [6.45, 7) is 13.9. The molecule has 6 rings (SSSR count). The smallest absolute Gasteiger partial charge is 0.247 e. The molecule has 0 saturated carbocycles. The van der Waals surface area contributed by atoms with Gasteiger partial charge in [0.2, 0.25) is 5.91 Å². The Balaban J connectivity index is 1.21. The molecule has 1 amide bonds. The Kier molecular flexibility index (Phi) is 10.2. The predicted molar refractivity (Wildman–Crippen MR) is 183 cm³/mol. The molecule has 0 spiro atoms. The number of ether oxygens (including phenoxy) is 1. The molecule has 3 saturated heterocycles. The quantitative estimate of drug-likeness (QED) is 0.275. The molecule has 11 nitrogen and oxygen atoms in total. The first kappa shape index (κ1) is 32.1. The summed E-state index contributed by atoms with van der Waals surface area (Å²) in [7, 11) is 1.65. The number of carbonyl (C=O) groups excluding carboxylic acids is 1. The van der Waals surface area contributed by atoms with E-state index >= 15 is 0 Å². The number of hydrogen-bond donors (Lipinski definition) is 2. The summed E-state index contributed by atoms with van der Waals surface area (Å²) in [6.07, 6.45) is 5.76. The van der Waals surface area contributed by atoms with Crippen molar-refractivity contribution >= 4 is 46.2 Å². The van der Waals surface area contributed by atoms with Crippen LogP contribution in [0.1, 0.15) is 37.8 Å². The number of amides is 1. The normalized spacial score (nSPS) is 19.7. The number of benzene rings is 2. The van der Waals surface area contributed by atoms with Gasteiger partial charge in [0.25, 0.3) is 0 Å². The van der Waals surface area contributed by atoms with Gasteiger partial charge in [0.1, 0.15) is 17.9 Å². The van der Waals surface area contributed by atoms with Gasteiger partial charge in [0.15, 0.2) is 5.82 Å². The highest BCUT2D eigenvalue weighted by Crippen LogP contribution is 2.40. The number of piperazine rings is 1. The number of halogens is 1. The Morgan fingerprint density at radius 2 is 1.80 bits per heavy atom. The van der Waals surface area contributed by atoms with E-state index < -0.39 is 0 Å². The van der Waals surface area contributed by atoms with Crippen molar-refractivity contribution in [2.24, 2.45) is 0 Å². The lowest BCUT2D eigenvalue weighted by Crippen LogP contribution is -2.53. The Morgan fingerprint density at radius 1 is 1.04 bits per heavy atom. The van der Waals surface area contributed by atoms with Gasteiger partial charge in [-0.3, -0.25) is 14.5 Å². The molecule has 3 fully saturated rings. The second-order valence-electron chi connectivity index (χ2n) is 11.9. The van der Waals surface area contributed by atoms with Gasteiger partial charge in [0, 0.05) is 68.9 Å². The maximum Gasteiger partial charge on any atom is 0.247 e. The number of anilines is 5. The molecule has 0 bridgehead atoms. The van der Waals surface area contributed by atoms with E-state index in [1.807, 2.05) is 47.5 Å². The van der Waals surface area contributed by atoms with E-state index in [0.717, 1.165) is 76.3 Å². The summed E-state index contributed by atoms with van der Waals surface area (Å²) < 4.78 is 5.86. The fraction of sp³-hybridized carbons (Fsp3) is 0.441. The van der Waals surface area contributed by atoms with Gasteiger partial charge in [-0.05, 0) is 49.2 Å². The monoisotopic (exact) mass is 646 g/mol. The first-order valence-corrected chi connectivity index (χ1v) is 16.5. The lowest BCUT2D eigenvalue weighted by atomic mass is 10.0. The van der Waals surface area contributed by atoms with Crippen LogP contribution < -0.4 is 25.3 Å². The highest BCUT2D eigenvalue weighted by atomic mass is 35.5. The molecule has 0 radical (unpaired) electrons. The molecule has 12 heteroatoms. The molecule has 0 aliphatic carbocycles. The number of nitrogens with zero attached hydrogens (tertiary/aromatic N) is 6. The highest BCUT2D eigenvalue weighted by Gasteiger charge is 2.30. The maximum absolute atomic E-state index is 12.6. The lowest BCUT2D eigenvalue weighted by Gasteiger charge is -2.43. The number of piperidine rings is 1. The fourth-order valence-corrected chi connectivity index (χ4v) is 6.78. The van der Waals surface area contributed by atoms with Gasteiger partial charge in [0.05, 0.1) is 36.8 Å². The number of hydroxylamine groups is 1. The zero-order valence-corrected chi connectivity index (χ0v) is 27.4. The Hall–Kier alpha value is -3.90. The highest BCUT2D eigenvalue weighted by molar-refractivity contribution is 6.30. The molecule has 3 aromatic rings. The van der Waals surface area contributed by atoms with Crippen LogP contribution in [0.2, 0.25) is 5.02 Å². The lowest BCUT2D eigenvalue weighted by molar-refractivity contribution is -0.111. The third-order valence-corrected chi connectivity index (χ3v) is 9.49. The molecular formula is C34H43ClN8O3. The van der Waals surface area contributed by atoms with E-state index in [9.17, 15) is 4.79 Å². The number of hydrogen-bond acceptors (Lipinski definition) is 10. The van der Waals surface area contributed by atoms with Crippen LogP contribution in [-0.4, -0.2) is 91.2 Å². The Labute approximate surface area is 276 Å². The van der Waals surface area contributed by atoms with Crippen molar-refractivity contribution in [1.29, 1.82) is 0 Å². The van der Waals surface area contributed by atoms with Crippen LogP contribution in [0.25, 0.3) is 0 Å². The van der Waals surface area contributed by atoms with Gasteiger partial charge < -0.3 is 25.2 Å². The summed E-state index contributed by atoms with van der Waals surface area (Å²) in [5.41, 5.74) is 3.36. The van der Waals surface area contributed by atoms with E-state index in [2.05, 4.69) is 48.8 Å². The summed E-state index contributed by atoms with van der Waals surface area (Å²) in [4.78, 5) is 35.0. The number of aromatic nitrogens is 2. The summed E-state index contributed by atoms with van der Waals surface area (Å²) >= 11 is 6.12. The van der Waals surface area contributed by atoms with E-state index in [1.54, 1.807) is 7.11 Å². The summed E-state index contributed by atoms with van der Waals surface area (Å²) in [5.74, 6) is 1.56. The fourth-order valence-electron chi connectivity index (χ4n) is 6.65. The van der Waals surface area contributed by atoms with Crippen LogP contribution in [0.4, 0.5) is 28.7 Å². The van der Waals surface area contributed by atoms with Crippen molar-refractivity contribution in [3.8, 4) is 5.75 Å². The standard InChI is InChI=1S/C34H43ClN8O3/c1-4-34(44)39-27-20-28(31(45-3)21-30(27)42-13-10-26(11-14-42)41-17-15-40(5-2)16-18-41)38-32-22-33(37-23-36-32)43-29(12-19-46-43)24-6-8-25(35)9-7-24/h4,6-9,20-23,26,29H,1,5,10-19H2,2-3H3,(H,39,44)(H,36,37,38)/t29-/m1/s1. The SMILES string of the molecule is C=CC(=O)Nc1cc(Nc2cc(N3OCC[C@@H]3c3ccc(Cl)cc3)ncn2)c(OC)cc1N1CCC(N2CCN(CC)CC2)CC1. The molecule has 2 N–H and O–H groups in total. The molecule has 0 unspecified atom stereocenters. The zero-order chi connectivity index (χ0) is 32.0. The van der Waals surface area contributed by atoms with E-state index in [-0.39, 0.29) is 11.9 Å². The first-order valence-electron chi connectivity index (χ1n) is 16.1. The number of carbonyl (C=O) groups is 1. The van der Waals surface area contributed by atoms with Crippen LogP contribution in [0.15, 0.2) is 61.4 Å². The Morgan fingerprint density at radius 3 is 2.50 bits per heavy atom. The van der Waals surface area contributed by atoms with Crippen molar-refractivity contribution in [1.82, 2.24) is 19.8 Å². The minimum absolute atomic E-state index is 0.000331. The van der Waals surface area contributed by atoms with Crippen LogP contribution in [-0.2, 0) is 9.63 Å². The minimum Gasteiger partial charge on any atom is -0.494 e. The van der Waals surface area contributed by atoms with Crippen LogP contribution >= 0.6 is 11.6 Å². The molecule has 46 heavy (non-hydrogen) atoms. The summed E-state index contributed by atoms with van der Waals surface area (Å²) in [5, 5.41) is 8.92. The Bertz CT molecular complexity index is 1510. The first-order chi connectivity index (χ1) is 22.4. The molecule has 4 heterocycles. The van der Waals surface area contributed by atoms with Gasteiger partial charge in [-0.1, -0.05) is 37.2 Å². The zero-order valence-electron chi connectivity index (χ0n) is 26.6. The largest absolute Gasteiger partial charge is 0.494 e. The number of nitrogens with one attached hydrogen (secondary N) is 2. The van der Waals surface area contributed by atoms with Gasteiger partial charge in [-0.25, -0.2) is 15.0 Å². The molecular weight excluding hydrogens is 604 g/mol. The second-order valence-corrected chi connectivity index (χ2v) is 12.3. The molecule has 244 valence electrons. The van der Waals surface area contributed by atoms with Gasteiger partial charge in [-0.15, -0.1) is 0 Å². The number of methoxy groups -OCH3 is 1. The van der Waals surface area contributed by atoms with Gasteiger partial charge in [-0.2, -0.15) is 0 Å². The van der Waals surface area contributed by atoms with Crippen molar-refractivity contribution in [3.05, 3.63) is 72.0 Å². The van der Waals surface area contributed by atoms with E-state index in [1.165, 1.54) is 12.4 Å². The van der Waals surface area contributed by atoms with E-state index in [0.29, 0.717) is 46.4 Å². The van der Waals surface area contributed by atoms with Crippen LogP contribution in [0.3, 0.4) is 0 Å². The topological polar surface area (TPSA) is 98.3 Å². The average Bonchev–Trinajstić information content (AvgIpc) is 3.59. The average molecular weight is 647 g/mol. The third-order valence-electron chi connectivity index (χ3n) is 9.24. The minimum atomic E-state index is -0.273. The van der Waals surface area contributed by atoms with Crippen LogP contribution in [0, 0.1) is 0 Å². The van der Waals surface area contributed by atoms with Crippen molar-refractivity contribution in [3.63, 3.8) is 0 Å². The number of likely N-dealkylation sites (N-methyl/N-ethyl adjacent to an activating group) is 1. The molecule has 1 atom stereocenters. The van der Waals surface area contributed by atoms with Crippen molar-refractivity contribution < 1.29 is 14.4 Å². The predicted octanol–water partition coefficient (Wildman–Crippen LogP) is 5.50. The molecule has 3 aliphatic heterocycles. The third kappa shape index (κ3) is 7.23. The van der Waals surface area contributed by atoms with Gasteiger partial charge >= 0.3 is 0 Å². The van der Waals surface area contributed by atoms with E-state index in [4.69, 9.17) is 21.2 Å². The molecule has 2 aromatic carbocycles. The summed E-state index contributed by atoms with van der Waals surface area (Å²) in [6, 6.07) is 14.1. The second kappa shape index (κ2) is 14.7. The number of rotatable bonds is 10. The molecule has 3 aliphatic rings. The van der Waals surface area contributed by atoms with Crippen LogP contribution in [0.5, 0.6) is 5.75 Å². The van der Waals surface area contributed by atoms with Crippen molar-refractivity contribution in [2.75, 3.05) is 80.1 Å². The van der Waals surface area contributed by atoms with Crippen molar-refractivity contribution in [2.45, 2.75) is 38.3 Å².